The summed E-state index contributed by atoms with van der Waals surface area (Å²) in [6.45, 7) is 2.03. The SMILES string of the molecule is Cc1cnc(NC2CCCC2Cl)c(Br)c1. The summed E-state index contributed by atoms with van der Waals surface area (Å²) in [6.07, 6.45) is 5.31. The zero-order valence-corrected chi connectivity index (χ0v) is 11.0. The van der Waals surface area contributed by atoms with E-state index in [1.165, 1.54) is 6.42 Å². The highest BCUT2D eigenvalue weighted by Crippen LogP contribution is 2.29. The first-order chi connectivity index (χ1) is 7.16. The Kier molecular flexibility index (Phi) is 3.52. The number of aromatic nitrogens is 1. The van der Waals surface area contributed by atoms with E-state index in [-0.39, 0.29) is 5.38 Å². The molecule has 0 spiro atoms. The molecule has 2 unspecified atom stereocenters. The zero-order valence-electron chi connectivity index (χ0n) is 8.63. The summed E-state index contributed by atoms with van der Waals surface area (Å²) in [5.74, 6) is 0.901. The zero-order chi connectivity index (χ0) is 10.8. The molecule has 0 radical (unpaired) electrons. The molecule has 1 aromatic heterocycles. The van der Waals surface area contributed by atoms with Crippen LogP contribution in [-0.2, 0) is 0 Å². The van der Waals surface area contributed by atoms with Gasteiger partial charge in [0.25, 0.3) is 0 Å². The van der Waals surface area contributed by atoms with Gasteiger partial charge in [0.15, 0.2) is 0 Å². The number of aryl methyl sites for hydroxylation is 1. The van der Waals surface area contributed by atoms with E-state index in [0.29, 0.717) is 6.04 Å². The van der Waals surface area contributed by atoms with Crippen molar-refractivity contribution in [2.24, 2.45) is 0 Å². The highest BCUT2D eigenvalue weighted by molar-refractivity contribution is 9.10. The molecular weight excluding hydrogens is 275 g/mol. The predicted octanol–water partition coefficient (Wildman–Crippen LogP) is 3.72. The highest BCUT2D eigenvalue weighted by Gasteiger charge is 2.25. The number of halogens is 2. The van der Waals surface area contributed by atoms with Crippen LogP contribution < -0.4 is 5.32 Å². The fourth-order valence-electron chi connectivity index (χ4n) is 1.89. The Morgan fingerprint density at radius 2 is 2.33 bits per heavy atom. The van der Waals surface area contributed by atoms with Gasteiger partial charge in [0.1, 0.15) is 5.82 Å². The summed E-state index contributed by atoms with van der Waals surface area (Å²) >= 11 is 9.71. The maximum absolute atomic E-state index is 6.21. The van der Waals surface area contributed by atoms with Crippen LogP contribution in [0, 0.1) is 6.92 Å². The summed E-state index contributed by atoms with van der Waals surface area (Å²) in [6, 6.07) is 2.42. The first-order valence-corrected chi connectivity index (χ1v) is 6.42. The summed E-state index contributed by atoms with van der Waals surface area (Å²) in [5.41, 5.74) is 1.15. The molecule has 15 heavy (non-hydrogen) atoms. The Morgan fingerprint density at radius 3 is 2.93 bits per heavy atom. The van der Waals surface area contributed by atoms with Gasteiger partial charge in [-0.1, -0.05) is 0 Å². The number of hydrogen-bond donors (Lipinski definition) is 1. The fourth-order valence-corrected chi connectivity index (χ4v) is 2.81. The van der Waals surface area contributed by atoms with E-state index in [0.717, 1.165) is 28.7 Å². The van der Waals surface area contributed by atoms with Gasteiger partial charge in [-0.2, -0.15) is 0 Å². The number of nitrogens with one attached hydrogen (secondary N) is 1. The van der Waals surface area contributed by atoms with Crippen LogP contribution in [0.5, 0.6) is 0 Å². The lowest BCUT2D eigenvalue weighted by atomic mass is 10.2. The third-order valence-electron chi connectivity index (χ3n) is 2.73. The van der Waals surface area contributed by atoms with Gasteiger partial charge in [-0.05, 0) is 53.7 Å². The smallest absolute Gasteiger partial charge is 0.140 e. The van der Waals surface area contributed by atoms with Crippen molar-refractivity contribution in [1.29, 1.82) is 0 Å². The van der Waals surface area contributed by atoms with Crippen LogP contribution in [0.2, 0.25) is 0 Å². The average molecular weight is 290 g/mol. The normalized spacial score (nSPS) is 25.5. The van der Waals surface area contributed by atoms with Crippen molar-refractivity contribution in [3.05, 3.63) is 22.3 Å². The molecule has 1 aromatic rings. The Bertz CT molecular complexity index is 356. The summed E-state index contributed by atoms with van der Waals surface area (Å²) in [5, 5.41) is 3.63. The maximum Gasteiger partial charge on any atom is 0.140 e. The molecule has 0 bridgehead atoms. The topological polar surface area (TPSA) is 24.9 Å². The van der Waals surface area contributed by atoms with Crippen LogP contribution in [-0.4, -0.2) is 16.4 Å². The lowest BCUT2D eigenvalue weighted by molar-refractivity contribution is 0.756. The van der Waals surface area contributed by atoms with Crippen LogP contribution in [0.15, 0.2) is 16.7 Å². The molecule has 0 aromatic carbocycles. The van der Waals surface area contributed by atoms with E-state index < -0.39 is 0 Å². The molecule has 82 valence electrons. The summed E-state index contributed by atoms with van der Waals surface area (Å²) in [7, 11) is 0. The molecule has 1 heterocycles. The molecule has 0 aliphatic heterocycles. The number of pyridine rings is 1. The van der Waals surface area contributed by atoms with E-state index >= 15 is 0 Å². The van der Waals surface area contributed by atoms with Crippen LogP contribution in [0.4, 0.5) is 5.82 Å². The lowest BCUT2D eigenvalue weighted by Crippen LogP contribution is -2.24. The quantitative estimate of drug-likeness (QED) is 0.839. The molecule has 0 amide bonds. The molecule has 1 N–H and O–H groups in total. The average Bonchev–Trinajstić information content (AvgIpc) is 2.57. The van der Waals surface area contributed by atoms with Crippen LogP contribution in [0.1, 0.15) is 24.8 Å². The van der Waals surface area contributed by atoms with Gasteiger partial charge in [0.05, 0.1) is 9.85 Å². The van der Waals surface area contributed by atoms with Crippen LogP contribution >= 0.6 is 27.5 Å². The third-order valence-corrected chi connectivity index (χ3v) is 3.86. The van der Waals surface area contributed by atoms with Gasteiger partial charge in [-0.25, -0.2) is 4.98 Å². The molecule has 0 saturated heterocycles. The van der Waals surface area contributed by atoms with Crippen molar-refractivity contribution >= 4 is 33.3 Å². The number of anilines is 1. The number of nitrogens with zero attached hydrogens (tertiary/aromatic N) is 1. The Morgan fingerprint density at radius 1 is 1.53 bits per heavy atom. The minimum atomic E-state index is 0.236. The summed E-state index contributed by atoms with van der Waals surface area (Å²) < 4.78 is 1.01. The molecule has 1 fully saturated rings. The second-order valence-electron chi connectivity index (χ2n) is 4.04. The first kappa shape index (κ1) is 11.2. The molecule has 1 saturated carbocycles. The first-order valence-electron chi connectivity index (χ1n) is 5.19. The minimum absolute atomic E-state index is 0.236. The standard InChI is InChI=1S/C11H14BrClN2/c1-7-5-8(12)11(14-6-7)15-10-4-2-3-9(10)13/h5-6,9-10H,2-4H2,1H3,(H,14,15). The van der Waals surface area contributed by atoms with E-state index in [1.54, 1.807) is 0 Å². The molecule has 1 aliphatic carbocycles. The van der Waals surface area contributed by atoms with Crippen LogP contribution in [0.25, 0.3) is 0 Å². The molecule has 4 heteroatoms. The van der Waals surface area contributed by atoms with E-state index in [9.17, 15) is 0 Å². The van der Waals surface area contributed by atoms with Gasteiger partial charge >= 0.3 is 0 Å². The van der Waals surface area contributed by atoms with Crippen molar-refractivity contribution in [2.75, 3.05) is 5.32 Å². The van der Waals surface area contributed by atoms with Crippen molar-refractivity contribution < 1.29 is 0 Å². The molecule has 1 aliphatic rings. The monoisotopic (exact) mass is 288 g/mol. The minimum Gasteiger partial charge on any atom is -0.365 e. The van der Waals surface area contributed by atoms with Crippen molar-refractivity contribution in [3.63, 3.8) is 0 Å². The summed E-state index contributed by atoms with van der Waals surface area (Å²) in [4.78, 5) is 4.36. The fraction of sp³-hybridized carbons (Fsp3) is 0.545. The third kappa shape index (κ3) is 2.64. The van der Waals surface area contributed by atoms with Crippen LogP contribution in [0.3, 0.4) is 0 Å². The highest BCUT2D eigenvalue weighted by atomic mass is 79.9. The van der Waals surface area contributed by atoms with Gasteiger partial charge in [-0.3, -0.25) is 0 Å². The Balaban J connectivity index is 2.10. The van der Waals surface area contributed by atoms with Gasteiger partial charge in [0.2, 0.25) is 0 Å². The molecule has 2 atom stereocenters. The van der Waals surface area contributed by atoms with E-state index in [2.05, 4.69) is 32.3 Å². The largest absolute Gasteiger partial charge is 0.365 e. The van der Waals surface area contributed by atoms with Crippen molar-refractivity contribution in [3.8, 4) is 0 Å². The number of hydrogen-bond acceptors (Lipinski definition) is 2. The lowest BCUT2D eigenvalue weighted by Gasteiger charge is -2.17. The van der Waals surface area contributed by atoms with E-state index in [1.807, 2.05) is 13.1 Å². The maximum atomic E-state index is 6.21. The van der Waals surface area contributed by atoms with Crippen molar-refractivity contribution in [1.82, 2.24) is 4.98 Å². The second kappa shape index (κ2) is 4.71. The second-order valence-corrected chi connectivity index (χ2v) is 5.46. The predicted molar refractivity (Wildman–Crippen MR) is 67.6 cm³/mol. The molecule has 2 nitrogen and oxygen atoms in total. The number of alkyl halides is 1. The molecule has 2 rings (SSSR count). The van der Waals surface area contributed by atoms with Gasteiger partial charge in [-0.15, -0.1) is 11.6 Å². The van der Waals surface area contributed by atoms with Crippen molar-refractivity contribution in [2.45, 2.75) is 37.6 Å². The van der Waals surface area contributed by atoms with Gasteiger partial charge < -0.3 is 5.32 Å². The Hall–Kier alpha value is -0.280. The Labute approximate surface area is 104 Å². The molecular formula is C11H14BrClN2. The van der Waals surface area contributed by atoms with Gasteiger partial charge in [0, 0.05) is 12.2 Å². The van der Waals surface area contributed by atoms with E-state index in [4.69, 9.17) is 11.6 Å². The number of rotatable bonds is 2.